The molecule has 1 heterocycles. The quantitative estimate of drug-likeness (QED) is 0.423. The standard InChI is InChI=1S/C16H22N4O/c1-2-14(12-17)13-18-6-3-7-19-8-10-20(11-9-19)16(21)15-4-5-15/h2,6,13,15H,1,3-5,7-11H2/b14-13+,18-6?. The van der Waals surface area contributed by atoms with Crippen LogP contribution in [0.4, 0.5) is 0 Å². The van der Waals surface area contributed by atoms with Gasteiger partial charge in [-0.15, -0.1) is 0 Å². The lowest BCUT2D eigenvalue weighted by Crippen LogP contribution is -2.49. The highest BCUT2D eigenvalue weighted by atomic mass is 16.2. The molecule has 1 amide bonds. The van der Waals surface area contributed by atoms with Crippen molar-refractivity contribution < 1.29 is 4.79 Å². The highest BCUT2D eigenvalue weighted by Crippen LogP contribution is 2.31. The second-order valence-corrected chi connectivity index (χ2v) is 5.46. The van der Waals surface area contributed by atoms with Gasteiger partial charge in [0, 0.05) is 51.1 Å². The van der Waals surface area contributed by atoms with Crippen LogP contribution < -0.4 is 0 Å². The summed E-state index contributed by atoms with van der Waals surface area (Å²) < 4.78 is 0. The van der Waals surface area contributed by atoms with Crippen LogP contribution in [0.3, 0.4) is 0 Å². The van der Waals surface area contributed by atoms with Crippen LogP contribution in [0.5, 0.6) is 0 Å². The predicted molar refractivity (Wildman–Crippen MR) is 82.7 cm³/mol. The van der Waals surface area contributed by atoms with Crippen molar-refractivity contribution in [1.82, 2.24) is 9.80 Å². The van der Waals surface area contributed by atoms with Gasteiger partial charge in [0.1, 0.15) is 6.07 Å². The molecule has 0 atom stereocenters. The summed E-state index contributed by atoms with van der Waals surface area (Å²) in [6, 6.07) is 2.00. The Labute approximate surface area is 126 Å². The van der Waals surface area contributed by atoms with Gasteiger partial charge < -0.3 is 4.90 Å². The molecular formula is C16H22N4O. The smallest absolute Gasteiger partial charge is 0.225 e. The molecule has 2 aliphatic rings. The number of aliphatic imine (C=N–C) groups is 1. The van der Waals surface area contributed by atoms with E-state index in [9.17, 15) is 4.79 Å². The fourth-order valence-corrected chi connectivity index (χ4v) is 2.36. The van der Waals surface area contributed by atoms with E-state index in [2.05, 4.69) is 16.5 Å². The van der Waals surface area contributed by atoms with Gasteiger partial charge in [0.15, 0.2) is 0 Å². The van der Waals surface area contributed by atoms with Gasteiger partial charge in [-0.25, -0.2) is 0 Å². The first-order chi connectivity index (χ1) is 10.2. The van der Waals surface area contributed by atoms with E-state index in [0.717, 1.165) is 52.0 Å². The van der Waals surface area contributed by atoms with Crippen LogP contribution in [0.15, 0.2) is 29.4 Å². The normalized spacial score (nSPS) is 20.5. The molecule has 0 unspecified atom stereocenters. The summed E-state index contributed by atoms with van der Waals surface area (Å²) in [4.78, 5) is 20.4. The molecule has 2 rings (SSSR count). The number of carbonyl (C=O) groups excluding carboxylic acids is 1. The number of carbonyl (C=O) groups is 1. The Bertz CT molecular complexity index is 477. The molecule has 5 nitrogen and oxygen atoms in total. The van der Waals surface area contributed by atoms with Crippen LogP contribution >= 0.6 is 0 Å². The maximum Gasteiger partial charge on any atom is 0.225 e. The number of rotatable bonds is 6. The van der Waals surface area contributed by atoms with Gasteiger partial charge in [-0.05, 0) is 19.3 Å². The maximum absolute atomic E-state index is 11.9. The molecule has 5 heteroatoms. The molecule has 112 valence electrons. The maximum atomic E-state index is 11.9. The number of nitriles is 1. The molecule has 0 N–H and O–H groups in total. The van der Waals surface area contributed by atoms with E-state index in [0.29, 0.717) is 17.4 Å². The van der Waals surface area contributed by atoms with Crippen LogP contribution in [0, 0.1) is 17.2 Å². The fraction of sp³-hybridized carbons (Fsp3) is 0.562. The summed E-state index contributed by atoms with van der Waals surface area (Å²) in [5.74, 6) is 0.685. The molecule has 1 saturated heterocycles. The summed E-state index contributed by atoms with van der Waals surface area (Å²) in [5.41, 5.74) is 0.471. The van der Waals surface area contributed by atoms with Gasteiger partial charge in [0.05, 0.1) is 5.57 Å². The highest BCUT2D eigenvalue weighted by Gasteiger charge is 2.34. The predicted octanol–water partition coefficient (Wildman–Crippen LogP) is 1.59. The molecule has 0 aromatic rings. The lowest BCUT2D eigenvalue weighted by Gasteiger charge is -2.34. The molecule has 0 aromatic heterocycles. The Balaban J connectivity index is 1.64. The lowest BCUT2D eigenvalue weighted by molar-refractivity contribution is -0.134. The summed E-state index contributed by atoms with van der Waals surface area (Å²) in [5, 5.41) is 8.70. The van der Waals surface area contributed by atoms with Crippen LogP contribution in [0.25, 0.3) is 0 Å². The zero-order valence-electron chi connectivity index (χ0n) is 12.4. The summed E-state index contributed by atoms with van der Waals surface area (Å²) in [6.07, 6.45) is 7.86. The van der Waals surface area contributed by atoms with Gasteiger partial charge in [-0.1, -0.05) is 12.7 Å². The Morgan fingerprint density at radius 2 is 2.05 bits per heavy atom. The average molecular weight is 286 g/mol. The number of piperazine rings is 1. The third-order valence-electron chi connectivity index (χ3n) is 3.85. The number of hydrogen-bond donors (Lipinski definition) is 0. The zero-order valence-corrected chi connectivity index (χ0v) is 12.4. The third-order valence-corrected chi connectivity index (χ3v) is 3.85. The topological polar surface area (TPSA) is 59.7 Å². The molecule has 1 aliphatic carbocycles. The van der Waals surface area contributed by atoms with Crippen molar-refractivity contribution in [2.45, 2.75) is 19.3 Å². The second-order valence-electron chi connectivity index (χ2n) is 5.46. The number of allylic oxidation sites excluding steroid dienone is 2. The van der Waals surface area contributed by atoms with E-state index in [4.69, 9.17) is 5.26 Å². The van der Waals surface area contributed by atoms with E-state index < -0.39 is 0 Å². The van der Waals surface area contributed by atoms with Gasteiger partial charge in [-0.3, -0.25) is 14.7 Å². The molecule has 0 aromatic carbocycles. The van der Waals surface area contributed by atoms with Gasteiger partial charge >= 0.3 is 0 Å². The van der Waals surface area contributed by atoms with Gasteiger partial charge in [0.2, 0.25) is 5.91 Å². The van der Waals surface area contributed by atoms with Crippen molar-refractivity contribution in [2.75, 3.05) is 32.7 Å². The van der Waals surface area contributed by atoms with E-state index in [-0.39, 0.29) is 0 Å². The second kappa shape index (κ2) is 7.75. The number of nitrogens with zero attached hydrogens (tertiary/aromatic N) is 4. The Morgan fingerprint density at radius 1 is 1.33 bits per heavy atom. The Kier molecular flexibility index (Phi) is 5.70. The Hall–Kier alpha value is -1.93. The monoisotopic (exact) mass is 286 g/mol. The van der Waals surface area contributed by atoms with E-state index in [1.807, 2.05) is 17.2 Å². The minimum absolute atomic E-state index is 0.328. The van der Waals surface area contributed by atoms with Crippen molar-refractivity contribution >= 4 is 12.1 Å². The molecule has 21 heavy (non-hydrogen) atoms. The van der Waals surface area contributed by atoms with Crippen molar-refractivity contribution in [2.24, 2.45) is 10.9 Å². The summed E-state index contributed by atoms with van der Waals surface area (Å²) in [6.45, 7) is 8.06. The average Bonchev–Trinajstić information content (AvgIpc) is 3.36. The van der Waals surface area contributed by atoms with Crippen molar-refractivity contribution in [3.8, 4) is 6.07 Å². The van der Waals surface area contributed by atoms with Crippen molar-refractivity contribution in [3.05, 3.63) is 24.4 Å². The zero-order chi connectivity index (χ0) is 15.1. The molecule has 0 bridgehead atoms. The molecule has 2 fully saturated rings. The van der Waals surface area contributed by atoms with E-state index in [1.54, 1.807) is 0 Å². The molecule has 0 spiro atoms. The van der Waals surface area contributed by atoms with Crippen LogP contribution in [-0.4, -0.2) is 54.6 Å². The molecule has 1 saturated carbocycles. The van der Waals surface area contributed by atoms with Crippen molar-refractivity contribution in [1.29, 1.82) is 5.26 Å². The third kappa shape index (κ3) is 4.83. The van der Waals surface area contributed by atoms with Crippen LogP contribution in [0.1, 0.15) is 19.3 Å². The van der Waals surface area contributed by atoms with Gasteiger partial charge in [-0.2, -0.15) is 5.26 Å². The first kappa shape index (κ1) is 15.5. The minimum Gasteiger partial charge on any atom is -0.340 e. The Morgan fingerprint density at radius 3 is 2.62 bits per heavy atom. The minimum atomic E-state index is 0.328. The summed E-state index contributed by atoms with van der Waals surface area (Å²) >= 11 is 0. The fourth-order valence-electron chi connectivity index (χ4n) is 2.36. The van der Waals surface area contributed by atoms with Crippen LogP contribution in [-0.2, 0) is 4.79 Å². The number of hydrogen-bond acceptors (Lipinski definition) is 4. The highest BCUT2D eigenvalue weighted by molar-refractivity contribution is 5.81. The SMILES string of the molecule is C=C/C(C#N)=C\N=CCCN1CCN(C(=O)C2CC2)CC1. The van der Waals surface area contributed by atoms with Crippen molar-refractivity contribution in [3.63, 3.8) is 0 Å². The first-order valence-corrected chi connectivity index (χ1v) is 7.50. The number of amides is 1. The molecule has 1 aliphatic heterocycles. The van der Waals surface area contributed by atoms with E-state index >= 15 is 0 Å². The molecule has 0 radical (unpaired) electrons. The largest absolute Gasteiger partial charge is 0.340 e. The lowest BCUT2D eigenvalue weighted by atomic mass is 10.2. The van der Waals surface area contributed by atoms with Crippen LogP contribution in [0.2, 0.25) is 0 Å². The summed E-state index contributed by atoms with van der Waals surface area (Å²) in [7, 11) is 0. The molecular weight excluding hydrogens is 264 g/mol. The van der Waals surface area contributed by atoms with E-state index in [1.165, 1.54) is 12.3 Å². The first-order valence-electron chi connectivity index (χ1n) is 7.50. The van der Waals surface area contributed by atoms with Gasteiger partial charge in [0.25, 0.3) is 0 Å².